The predicted molar refractivity (Wildman–Crippen MR) is 92.6 cm³/mol. The quantitative estimate of drug-likeness (QED) is 0.568. The summed E-state index contributed by atoms with van der Waals surface area (Å²) in [6.07, 6.45) is 3.56. The highest BCUT2D eigenvalue weighted by Crippen LogP contribution is 2.27. The Balaban J connectivity index is 1.88. The first-order chi connectivity index (χ1) is 11.0. The van der Waals surface area contributed by atoms with Gasteiger partial charge in [-0.1, -0.05) is 13.0 Å². The maximum atomic E-state index is 12.4. The van der Waals surface area contributed by atoms with Crippen molar-refractivity contribution in [2.75, 3.05) is 26.0 Å². The number of hydrogen-bond acceptors (Lipinski definition) is 4. The van der Waals surface area contributed by atoms with Crippen LogP contribution in [0.4, 0.5) is 0 Å². The van der Waals surface area contributed by atoms with Gasteiger partial charge in [0, 0.05) is 18.0 Å². The lowest BCUT2D eigenvalue weighted by Gasteiger charge is -2.23. The number of thioether (sulfide) groups is 1. The smallest absolute Gasteiger partial charge is 0.310 e. The first kappa shape index (κ1) is 17.9. The number of nitrogens with zero attached hydrogens (tertiary/aromatic N) is 1. The normalized spacial score (nSPS) is 14.2. The number of esters is 1. The van der Waals surface area contributed by atoms with Crippen LogP contribution in [0.1, 0.15) is 31.4 Å². The molecule has 1 aromatic carbocycles. The van der Waals surface area contributed by atoms with Crippen molar-refractivity contribution in [3.63, 3.8) is 0 Å². The molecule has 0 aromatic heterocycles. The van der Waals surface area contributed by atoms with Crippen LogP contribution in [0.3, 0.4) is 0 Å². The fraction of sp³-hybridized carbons (Fsp3) is 0.556. The van der Waals surface area contributed by atoms with Crippen LogP contribution in [-0.2, 0) is 27.2 Å². The number of hydrogen-bond donors (Lipinski definition) is 0. The zero-order chi connectivity index (χ0) is 16.8. The Kier molecular flexibility index (Phi) is 6.51. The first-order valence-corrected chi connectivity index (χ1v) is 9.14. The minimum Gasteiger partial charge on any atom is -0.469 e. The molecular formula is C18H25NO3S. The molecule has 1 amide bonds. The highest BCUT2D eigenvalue weighted by molar-refractivity contribution is 8.00. The summed E-state index contributed by atoms with van der Waals surface area (Å²) in [6.45, 7) is 4.73. The van der Waals surface area contributed by atoms with E-state index in [1.807, 2.05) is 6.92 Å². The Morgan fingerprint density at radius 3 is 2.74 bits per heavy atom. The third-order valence-electron chi connectivity index (χ3n) is 4.26. The molecule has 0 fully saturated rings. The molecular weight excluding hydrogens is 310 g/mol. The summed E-state index contributed by atoms with van der Waals surface area (Å²) in [6, 6.07) is 6.51. The Bertz CT molecular complexity index is 573. The van der Waals surface area contributed by atoms with E-state index in [0.29, 0.717) is 18.8 Å². The van der Waals surface area contributed by atoms with Crippen LogP contribution in [0, 0.1) is 5.92 Å². The molecule has 1 aromatic rings. The number of fused-ring (bicyclic) bond motifs is 1. The van der Waals surface area contributed by atoms with Crippen LogP contribution < -0.4 is 0 Å². The third kappa shape index (κ3) is 4.74. The average Bonchev–Trinajstić information content (AvgIpc) is 3.04. The molecule has 0 saturated carbocycles. The lowest BCUT2D eigenvalue weighted by atomic mass is 10.1. The van der Waals surface area contributed by atoms with Crippen molar-refractivity contribution in [3.05, 3.63) is 29.3 Å². The second kappa shape index (κ2) is 8.39. The fourth-order valence-corrected chi connectivity index (χ4v) is 3.75. The maximum absolute atomic E-state index is 12.4. The Labute approximate surface area is 142 Å². The van der Waals surface area contributed by atoms with Gasteiger partial charge in [-0.25, -0.2) is 0 Å². The highest BCUT2D eigenvalue weighted by atomic mass is 32.2. The van der Waals surface area contributed by atoms with Crippen molar-refractivity contribution in [3.8, 4) is 0 Å². The van der Waals surface area contributed by atoms with Gasteiger partial charge in [0.25, 0.3) is 0 Å². The topological polar surface area (TPSA) is 46.6 Å². The summed E-state index contributed by atoms with van der Waals surface area (Å²) in [4.78, 5) is 26.8. The molecule has 2 rings (SSSR count). The molecule has 23 heavy (non-hydrogen) atoms. The molecule has 0 radical (unpaired) electrons. The number of carbonyl (C=O) groups is 2. The minimum atomic E-state index is -0.297. The van der Waals surface area contributed by atoms with Crippen molar-refractivity contribution in [2.24, 2.45) is 5.92 Å². The molecule has 1 aliphatic rings. The van der Waals surface area contributed by atoms with Gasteiger partial charge in [-0.05, 0) is 49.4 Å². The van der Waals surface area contributed by atoms with Crippen LogP contribution in [0.2, 0.25) is 0 Å². The van der Waals surface area contributed by atoms with Crippen molar-refractivity contribution in [1.82, 2.24) is 4.90 Å². The summed E-state index contributed by atoms with van der Waals surface area (Å²) in [5.74, 6) is -0.106. The highest BCUT2D eigenvalue weighted by Gasteiger charge is 2.20. The summed E-state index contributed by atoms with van der Waals surface area (Å²) in [5.41, 5.74) is 2.87. The molecule has 1 unspecified atom stereocenters. The Hall–Kier alpha value is -1.49. The third-order valence-corrected chi connectivity index (χ3v) is 5.24. The van der Waals surface area contributed by atoms with E-state index < -0.39 is 0 Å². The van der Waals surface area contributed by atoms with Crippen molar-refractivity contribution < 1.29 is 14.3 Å². The Morgan fingerprint density at radius 2 is 2.04 bits per heavy atom. The van der Waals surface area contributed by atoms with Gasteiger partial charge in [-0.15, -0.1) is 11.8 Å². The molecule has 0 bridgehead atoms. The van der Waals surface area contributed by atoms with Gasteiger partial charge >= 0.3 is 5.97 Å². The van der Waals surface area contributed by atoms with Gasteiger partial charge in [0.2, 0.25) is 5.91 Å². The van der Waals surface area contributed by atoms with Gasteiger partial charge in [0.1, 0.15) is 0 Å². The van der Waals surface area contributed by atoms with E-state index in [1.165, 1.54) is 31.1 Å². The van der Waals surface area contributed by atoms with Crippen LogP contribution in [0.15, 0.2) is 23.1 Å². The van der Waals surface area contributed by atoms with Crippen LogP contribution in [0.25, 0.3) is 0 Å². The molecule has 1 aliphatic carbocycles. The number of carbonyl (C=O) groups excluding carboxylic acids is 2. The van der Waals surface area contributed by atoms with E-state index in [1.54, 1.807) is 23.6 Å². The van der Waals surface area contributed by atoms with Gasteiger partial charge < -0.3 is 9.64 Å². The molecule has 0 heterocycles. The van der Waals surface area contributed by atoms with Gasteiger partial charge in [-0.3, -0.25) is 9.59 Å². The molecule has 126 valence electrons. The maximum Gasteiger partial charge on any atom is 0.310 e. The zero-order valence-corrected chi connectivity index (χ0v) is 14.9. The van der Waals surface area contributed by atoms with E-state index in [4.69, 9.17) is 4.74 Å². The van der Waals surface area contributed by atoms with Crippen LogP contribution in [0.5, 0.6) is 0 Å². The van der Waals surface area contributed by atoms with Crippen LogP contribution in [-0.4, -0.2) is 42.7 Å². The molecule has 1 atom stereocenters. The zero-order valence-electron chi connectivity index (χ0n) is 14.1. The van der Waals surface area contributed by atoms with Crippen molar-refractivity contribution in [2.45, 2.75) is 38.0 Å². The molecule has 0 aliphatic heterocycles. The fourth-order valence-electron chi connectivity index (χ4n) is 2.89. The molecule has 4 nitrogen and oxygen atoms in total. The number of benzene rings is 1. The monoisotopic (exact) mass is 335 g/mol. The van der Waals surface area contributed by atoms with Crippen molar-refractivity contribution in [1.29, 1.82) is 0 Å². The summed E-state index contributed by atoms with van der Waals surface area (Å²) in [5, 5.41) is 0. The number of methoxy groups -OCH3 is 1. The molecule has 5 heteroatoms. The van der Waals surface area contributed by atoms with E-state index in [-0.39, 0.29) is 17.8 Å². The predicted octanol–water partition coefficient (Wildman–Crippen LogP) is 2.93. The van der Waals surface area contributed by atoms with E-state index in [0.717, 1.165) is 11.3 Å². The van der Waals surface area contributed by atoms with Gasteiger partial charge in [-0.2, -0.15) is 0 Å². The number of amides is 1. The van der Waals surface area contributed by atoms with Gasteiger partial charge in [0.15, 0.2) is 0 Å². The SMILES string of the molecule is CCN(CC(C)C(=O)OC)C(=O)CSc1ccc2c(c1)CCC2. The van der Waals surface area contributed by atoms with E-state index in [2.05, 4.69) is 18.2 Å². The number of rotatable bonds is 7. The van der Waals surface area contributed by atoms with Crippen molar-refractivity contribution >= 4 is 23.6 Å². The summed E-state index contributed by atoms with van der Waals surface area (Å²) in [7, 11) is 1.38. The largest absolute Gasteiger partial charge is 0.469 e. The summed E-state index contributed by atoms with van der Waals surface area (Å²) < 4.78 is 4.73. The van der Waals surface area contributed by atoms with E-state index >= 15 is 0 Å². The minimum absolute atomic E-state index is 0.0637. The molecule has 0 N–H and O–H groups in total. The van der Waals surface area contributed by atoms with Crippen LogP contribution >= 0.6 is 11.8 Å². The average molecular weight is 335 g/mol. The summed E-state index contributed by atoms with van der Waals surface area (Å²) >= 11 is 1.57. The van der Waals surface area contributed by atoms with E-state index in [9.17, 15) is 9.59 Å². The lowest BCUT2D eigenvalue weighted by molar-refractivity contribution is -0.146. The number of ether oxygens (including phenoxy) is 1. The molecule has 0 saturated heterocycles. The first-order valence-electron chi connectivity index (χ1n) is 8.15. The van der Waals surface area contributed by atoms with Gasteiger partial charge in [0.05, 0.1) is 18.8 Å². The second-order valence-corrected chi connectivity index (χ2v) is 6.98. The number of aryl methyl sites for hydroxylation is 2. The second-order valence-electron chi connectivity index (χ2n) is 5.93. The Morgan fingerprint density at radius 1 is 1.30 bits per heavy atom. The standard InChI is InChI=1S/C18H25NO3S/c1-4-19(11-13(2)18(21)22-3)17(20)12-23-16-9-8-14-6-5-7-15(14)10-16/h8-10,13H,4-7,11-12H2,1-3H3. The lowest BCUT2D eigenvalue weighted by Crippen LogP contribution is -2.38. The molecule has 0 spiro atoms.